The van der Waals surface area contributed by atoms with Gasteiger partial charge < -0.3 is 14.5 Å². The molecule has 1 aromatic carbocycles. The minimum atomic E-state index is -0.499. The third kappa shape index (κ3) is 4.00. The molecule has 152 valence electrons. The fraction of sp³-hybridized carbons (Fsp3) is 0.409. The van der Waals surface area contributed by atoms with E-state index >= 15 is 0 Å². The molecule has 0 radical (unpaired) electrons. The van der Waals surface area contributed by atoms with Crippen LogP contribution in [-0.4, -0.2) is 53.5 Å². The lowest BCUT2D eigenvalue weighted by atomic mass is 9.92. The molecule has 4 rings (SSSR count). The number of aryl methyl sites for hydroxylation is 1. The first-order valence-electron chi connectivity index (χ1n) is 9.87. The number of halogens is 1. The Kier molecular flexibility index (Phi) is 5.32. The van der Waals surface area contributed by atoms with E-state index < -0.39 is 5.60 Å². The third-order valence-electron chi connectivity index (χ3n) is 5.84. The molecule has 2 aromatic rings. The normalized spacial score (nSPS) is 22.6. The number of aromatic nitrogens is 1. The van der Waals surface area contributed by atoms with Gasteiger partial charge in [0.2, 0.25) is 0 Å². The number of anilines is 1. The summed E-state index contributed by atoms with van der Waals surface area (Å²) in [6.07, 6.45) is 5.48. The predicted octanol–water partition coefficient (Wildman–Crippen LogP) is 2.96. The second-order valence-corrected chi connectivity index (χ2v) is 7.76. The number of rotatable bonds is 2. The van der Waals surface area contributed by atoms with Gasteiger partial charge >= 0.3 is 0 Å². The number of hydrogen-bond donors (Lipinski definition) is 0. The molecule has 1 unspecified atom stereocenters. The van der Waals surface area contributed by atoms with E-state index in [9.17, 15) is 14.0 Å². The highest BCUT2D eigenvalue weighted by Gasteiger charge is 2.42. The first-order valence-corrected chi connectivity index (χ1v) is 9.87. The second kappa shape index (κ2) is 7.91. The average Bonchev–Trinajstić information content (AvgIpc) is 2.93. The molecule has 0 bridgehead atoms. The van der Waals surface area contributed by atoms with E-state index in [4.69, 9.17) is 4.74 Å². The Labute approximate surface area is 169 Å². The molecular formula is C22H24FN3O3. The Balaban J connectivity index is 1.49. The summed E-state index contributed by atoms with van der Waals surface area (Å²) >= 11 is 0. The molecule has 2 fully saturated rings. The van der Waals surface area contributed by atoms with Gasteiger partial charge in [0.15, 0.2) is 0 Å². The van der Waals surface area contributed by atoms with E-state index in [1.165, 1.54) is 12.1 Å². The van der Waals surface area contributed by atoms with Crippen LogP contribution in [0.4, 0.5) is 10.1 Å². The van der Waals surface area contributed by atoms with Gasteiger partial charge in [-0.2, -0.15) is 0 Å². The zero-order chi connectivity index (χ0) is 20.4. The van der Waals surface area contributed by atoms with Crippen LogP contribution >= 0.6 is 0 Å². The Hall–Kier alpha value is -2.80. The molecule has 1 aromatic heterocycles. The quantitative estimate of drug-likeness (QED) is 0.782. The molecule has 1 spiro atoms. The van der Waals surface area contributed by atoms with Crippen LogP contribution in [0.15, 0.2) is 42.7 Å². The summed E-state index contributed by atoms with van der Waals surface area (Å²) in [5, 5.41) is 0. The standard InChI is InChI=1S/C22H24FN3O3/c1-16-7-10-24-13-19(16)21(28)25-11-2-8-22(9-12-25)15-26(20(27)14-29-22)18-5-3-17(23)4-6-18/h3-7,10,13H,2,8-9,11-12,14-15H2,1H3. The Morgan fingerprint density at radius 1 is 1.17 bits per heavy atom. The van der Waals surface area contributed by atoms with Crippen LogP contribution < -0.4 is 4.90 Å². The van der Waals surface area contributed by atoms with Gasteiger partial charge in [-0.3, -0.25) is 14.6 Å². The monoisotopic (exact) mass is 397 g/mol. The lowest BCUT2D eigenvalue weighted by molar-refractivity contribution is -0.140. The van der Waals surface area contributed by atoms with Crippen LogP contribution in [0.5, 0.6) is 0 Å². The van der Waals surface area contributed by atoms with Crippen LogP contribution in [0.1, 0.15) is 35.2 Å². The number of amides is 2. The lowest BCUT2D eigenvalue weighted by Gasteiger charge is -2.42. The van der Waals surface area contributed by atoms with E-state index in [0.717, 1.165) is 18.4 Å². The van der Waals surface area contributed by atoms with Crippen LogP contribution in [0.2, 0.25) is 0 Å². The summed E-state index contributed by atoms with van der Waals surface area (Å²) in [7, 11) is 0. The van der Waals surface area contributed by atoms with Gasteiger partial charge in [-0.25, -0.2) is 4.39 Å². The van der Waals surface area contributed by atoms with Crippen molar-refractivity contribution in [3.63, 3.8) is 0 Å². The van der Waals surface area contributed by atoms with Crippen molar-refractivity contribution >= 4 is 17.5 Å². The van der Waals surface area contributed by atoms with Crippen molar-refractivity contribution < 1.29 is 18.7 Å². The number of nitrogens with zero attached hydrogens (tertiary/aromatic N) is 3. The van der Waals surface area contributed by atoms with Crippen LogP contribution in [0.25, 0.3) is 0 Å². The van der Waals surface area contributed by atoms with Crippen molar-refractivity contribution in [2.45, 2.75) is 31.8 Å². The number of morpholine rings is 1. The van der Waals surface area contributed by atoms with Gasteiger partial charge in [-0.1, -0.05) is 0 Å². The van der Waals surface area contributed by atoms with Crippen molar-refractivity contribution in [1.82, 2.24) is 9.88 Å². The van der Waals surface area contributed by atoms with E-state index in [1.807, 2.05) is 17.9 Å². The molecule has 7 heteroatoms. The first-order chi connectivity index (χ1) is 14.0. The number of pyridine rings is 1. The highest BCUT2D eigenvalue weighted by Crippen LogP contribution is 2.33. The average molecular weight is 397 g/mol. The fourth-order valence-corrected chi connectivity index (χ4v) is 4.10. The maximum atomic E-state index is 13.3. The van der Waals surface area contributed by atoms with Gasteiger partial charge in [0, 0.05) is 31.2 Å². The molecule has 0 saturated carbocycles. The molecular weight excluding hydrogens is 373 g/mol. The number of benzene rings is 1. The smallest absolute Gasteiger partial charge is 0.255 e. The number of likely N-dealkylation sites (tertiary alicyclic amines) is 1. The highest BCUT2D eigenvalue weighted by atomic mass is 19.1. The minimum Gasteiger partial charge on any atom is -0.363 e. The molecule has 2 saturated heterocycles. The van der Waals surface area contributed by atoms with Crippen molar-refractivity contribution in [1.29, 1.82) is 0 Å². The van der Waals surface area contributed by atoms with Gasteiger partial charge in [-0.15, -0.1) is 0 Å². The highest BCUT2D eigenvalue weighted by molar-refractivity contribution is 5.96. The number of ether oxygens (including phenoxy) is 1. The van der Waals surface area contributed by atoms with Crippen LogP contribution in [0, 0.1) is 12.7 Å². The molecule has 6 nitrogen and oxygen atoms in total. The molecule has 3 heterocycles. The second-order valence-electron chi connectivity index (χ2n) is 7.76. The molecule has 29 heavy (non-hydrogen) atoms. The molecule has 2 amide bonds. The topological polar surface area (TPSA) is 62.7 Å². The van der Waals surface area contributed by atoms with Crippen LogP contribution in [0.3, 0.4) is 0 Å². The Bertz CT molecular complexity index is 918. The van der Waals surface area contributed by atoms with E-state index in [1.54, 1.807) is 29.4 Å². The number of carbonyl (C=O) groups excluding carboxylic acids is 2. The van der Waals surface area contributed by atoms with E-state index in [2.05, 4.69) is 4.98 Å². The maximum Gasteiger partial charge on any atom is 0.255 e. The van der Waals surface area contributed by atoms with Crippen molar-refractivity contribution in [2.75, 3.05) is 31.1 Å². The number of carbonyl (C=O) groups is 2. The third-order valence-corrected chi connectivity index (χ3v) is 5.84. The molecule has 1 atom stereocenters. The van der Waals surface area contributed by atoms with Crippen molar-refractivity contribution in [3.8, 4) is 0 Å². The summed E-state index contributed by atoms with van der Waals surface area (Å²) in [6.45, 7) is 3.50. The molecule has 0 aliphatic carbocycles. The zero-order valence-corrected chi connectivity index (χ0v) is 16.4. The number of hydrogen-bond acceptors (Lipinski definition) is 4. The fourth-order valence-electron chi connectivity index (χ4n) is 4.10. The predicted molar refractivity (Wildman–Crippen MR) is 106 cm³/mol. The molecule has 2 aliphatic rings. The summed E-state index contributed by atoms with van der Waals surface area (Å²) < 4.78 is 19.3. The van der Waals surface area contributed by atoms with Gasteiger partial charge in [0.25, 0.3) is 11.8 Å². The largest absolute Gasteiger partial charge is 0.363 e. The van der Waals surface area contributed by atoms with E-state index in [0.29, 0.717) is 37.3 Å². The van der Waals surface area contributed by atoms with E-state index in [-0.39, 0.29) is 24.2 Å². The molecule has 0 N–H and O–H groups in total. The lowest BCUT2D eigenvalue weighted by Crippen LogP contribution is -2.55. The summed E-state index contributed by atoms with van der Waals surface area (Å²) in [6, 6.07) is 7.78. The Morgan fingerprint density at radius 3 is 2.72 bits per heavy atom. The van der Waals surface area contributed by atoms with Crippen LogP contribution in [-0.2, 0) is 9.53 Å². The van der Waals surface area contributed by atoms with Gasteiger partial charge in [-0.05, 0) is 62.1 Å². The summed E-state index contributed by atoms with van der Waals surface area (Å²) in [4.78, 5) is 33.0. The minimum absolute atomic E-state index is 0.00691. The Morgan fingerprint density at radius 2 is 1.97 bits per heavy atom. The summed E-state index contributed by atoms with van der Waals surface area (Å²) in [5.74, 6) is -0.487. The van der Waals surface area contributed by atoms with Crippen molar-refractivity contribution in [3.05, 3.63) is 59.7 Å². The molecule has 2 aliphatic heterocycles. The SMILES string of the molecule is Cc1ccncc1C(=O)N1CCCC2(CC1)CN(c1ccc(F)cc1)C(=O)CO2. The van der Waals surface area contributed by atoms with Gasteiger partial charge in [0.1, 0.15) is 12.4 Å². The van der Waals surface area contributed by atoms with Crippen molar-refractivity contribution in [2.24, 2.45) is 0 Å². The maximum absolute atomic E-state index is 13.3. The zero-order valence-electron chi connectivity index (χ0n) is 16.4. The van der Waals surface area contributed by atoms with Gasteiger partial charge in [0.05, 0.1) is 17.7 Å². The summed E-state index contributed by atoms with van der Waals surface area (Å²) in [5.41, 5.74) is 1.70. The first kappa shape index (κ1) is 19.5.